The Bertz CT molecular complexity index is 1020. The average molecular weight is 483 g/mol. The number of aryl methyl sites for hydroxylation is 1. The first-order valence-corrected chi connectivity index (χ1v) is 11.0. The van der Waals surface area contributed by atoms with E-state index >= 15 is 0 Å². The minimum absolute atomic E-state index is 0.101. The number of hydrogen-bond acceptors (Lipinski definition) is 5. The van der Waals surface area contributed by atoms with E-state index in [2.05, 4.69) is 41.3 Å². The summed E-state index contributed by atoms with van der Waals surface area (Å²) in [6.07, 6.45) is 1.90. The number of aromatic nitrogens is 2. The van der Waals surface area contributed by atoms with Crippen molar-refractivity contribution in [2.75, 3.05) is 26.2 Å². The van der Waals surface area contributed by atoms with Crippen LogP contribution in [0.4, 0.5) is 0 Å². The highest BCUT2D eigenvalue weighted by molar-refractivity contribution is 14.1. The molecule has 0 saturated carbocycles. The molecule has 5 nitrogen and oxygen atoms in total. The first-order chi connectivity index (χ1) is 12.6. The fourth-order valence-electron chi connectivity index (χ4n) is 3.58. The molecule has 1 aromatic carbocycles. The van der Waals surface area contributed by atoms with Crippen LogP contribution in [0.1, 0.15) is 26.1 Å². The summed E-state index contributed by atoms with van der Waals surface area (Å²) in [4.78, 5) is 20.9. The first kappa shape index (κ1) is 18.2. The fourth-order valence-corrected chi connectivity index (χ4v) is 5.56. The molecule has 0 fully saturated rings. The number of nitrogens with zero attached hydrogens (tertiary/aromatic N) is 3. The number of likely N-dealkylation sites (N-methyl/N-ethyl adjacent to an activating group) is 1. The van der Waals surface area contributed by atoms with E-state index in [1.165, 1.54) is 0 Å². The molecule has 138 valence electrons. The highest BCUT2D eigenvalue weighted by Crippen LogP contribution is 2.40. The number of hydrogen-bond donors (Lipinski definition) is 0. The lowest BCUT2D eigenvalue weighted by molar-refractivity contribution is 0.223. The predicted molar refractivity (Wildman–Crippen MR) is 116 cm³/mol. The molecule has 0 amide bonds. The van der Waals surface area contributed by atoms with E-state index < -0.39 is 0 Å². The zero-order valence-corrected chi connectivity index (χ0v) is 18.0. The van der Waals surface area contributed by atoms with Gasteiger partial charge in [0.15, 0.2) is 5.75 Å². The van der Waals surface area contributed by atoms with Gasteiger partial charge in [0.2, 0.25) is 0 Å². The van der Waals surface area contributed by atoms with Crippen molar-refractivity contribution in [3.63, 3.8) is 0 Å². The van der Waals surface area contributed by atoms with Crippen LogP contribution in [0.25, 0.3) is 20.3 Å². The highest BCUT2D eigenvalue weighted by atomic mass is 127. The molecule has 0 N–H and O–H groups in total. The van der Waals surface area contributed by atoms with Crippen LogP contribution in [0.5, 0.6) is 5.75 Å². The van der Waals surface area contributed by atoms with Crippen LogP contribution in [-0.4, -0.2) is 40.7 Å². The number of rotatable bonds is 6. The van der Waals surface area contributed by atoms with Crippen LogP contribution >= 0.6 is 33.9 Å². The molecule has 2 aromatic heterocycles. The van der Waals surface area contributed by atoms with Crippen LogP contribution < -0.4 is 10.3 Å². The SMILES string of the molecule is CCN(CC)CCOc1c(I)ccc2c1sc1nc3n(c(=O)c12)CCC3. The summed E-state index contributed by atoms with van der Waals surface area (Å²) >= 11 is 3.90. The largest absolute Gasteiger partial charge is 0.490 e. The summed E-state index contributed by atoms with van der Waals surface area (Å²) < 4.78 is 10.1. The lowest BCUT2D eigenvalue weighted by Crippen LogP contribution is -2.28. The van der Waals surface area contributed by atoms with Crippen molar-refractivity contribution in [3.05, 3.63) is 31.9 Å². The molecule has 3 aromatic rings. The third-order valence-corrected chi connectivity index (χ3v) is 7.03. The molecule has 0 spiro atoms. The van der Waals surface area contributed by atoms with Gasteiger partial charge in [-0.15, -0.1) is 11.3 Å². The second kappa shape index (κ2) is 7.44. The molecule has 1 aliphatic rings. The van der Waals surface area contributed by atoms with Crippen LogP contribution in [0, 0.1) is 3.57 Å². The summed E-state index contributed by atoms with van der Waals surface area (Å²) in [6.45, 7) is 8.71. The number of benzene rings is 1. The Morgan fingerprint density at radius 1 is 1.35 bits per heavy atom. The lowest BCUT2D eigenvalue weighted by atomic mass is 10.2. The predicted octanol–water partition coefficient (Wildman–Crippen LogP) is 3.88. The Hall–Kier alpha value is -1.19. The maximum absolute atomic E-state index is 13.0. The molecule has 0 unspecified atom stereocenters. The molecule has 3 heterocycles. The minimum atomic E-state index is 0.101. The van der Waals surface area contributed by atoms with E-state index in [-0.39, 0.29) is 5.56 Å². The molecule has 0 radical (unpaired) electrons. The molecule has 7 heteroatoms. The van der Waals surface area contributed by atoms with Crippen molar-refractivity contribution in [2.24, 2.45) is 0 Å². The average Bonchev–Trinajstić information content (AvgIpc) is 3.25. The zero-order valence-electron chi connectivity index (χ0n) is 15.0. The second-order valence-corrected chi connectivity index (χ2v) is 8.66. The Balaban J connectivity index is 1.78. The Labute approximate surface area is 170 Å². The lowest BCUT2D eigenvalue weighted by Gasteiger charge is -2.18. The standard InChI is InChI=1S/C19H22IN3O2S/c1-3-22(4-2)10-11-25-16-13(20)8-7-12-15-18(26-17(12)16)21-14-6-5-9-23(14)19(15)24/h7-8H,3-6,9-11H2,1-2H3. The second-order valence-electron chi connectivity index (χ2n) is 6.50. The van der Waals surface area contributed by atoms with Gasteiger partial charge in [-0.05, 0) is 48.2 Å². The van der Waals surface area contributed by atoms with Crippen LogP contribution in [0.3, 0.4) is 0 Å². The highest BCUT2D eigenvalue weighted by Gasteiger charge is 2.21. The van der Waals surface area contributed by atoms with Crippen LogP contribution in [-0.2, 0) is 13.0 Å². The van der Waals surface area contributed by atoms with E-state index in [1.807, 2.05) is 16.7 Å². The fraction of sp³-hybridized carbons (Fsp3) is 0.474. The van der Waals surface area contributed by atoms with Crippen molar-refractivity contribution in [3.8, 4) is 5.75 Å². The van der Waals surface area contributed by atoms with Gasteiger partial charge in [0.05, 0.1) is 13.7 Å². The van der Waals surface area contributed by atoms with Gasteiger partial charge in [-0.3, -0.25) is 9.36 Å². The maximum Gasteiger partial charge on any atom is 0.262 e. The van der Waals surface area contributed by atoms with E-state index in [4.69, 9.17) is 9.72 Å². The van der Waals surface area contributed by atoms with Gasteiger partial charge in [0.1, 0.15) is 17.3 Å². The van der Waals surface area contributed by atoms with E-state index in [0.717, 1.165) is 74.5 Å². The van der Waals surface area contributed by atoms with Gasteiger partial charge < -0.3 is 9.64 Å². The molecule has 0 saturated heterocycles. The number of thiophene rings is 1. The smallest absolute Gasteiger partial charge is 0.262 e. The van der Waals surface area contributed by atoms with Gasteiger partial charge in [-0.25, -0.2) is 4.98 Å². The van der Waals surface area contributed by atoms with E-state index in [0.29, 0.717) is 6.61 Å². The molecule has 26 heavy (non-hydrogen) atoms. The quantitative estimate of drug-likeness (QED) is 0.500. The van der Waals surface area contributed by atoms with Crippen LogP contribution in [0.2, 0.25) is 0 Å². The van der Waals surface area contributed by atoms with Gasteiger partial charge in [0.25, 0.3) is 5.56 Å². The maximum atomic E-state index is 13.0. The molecule has 4 rings (SSSR count). The van der Waals surface area contributed by atoms with Crippen molar-refractivity contribution in [1.82, 2.24) is 14.5 Å². The normalized spacial score (nSPS) is 13.8. The monoisotopic (exact) mass is 483 g/mol. The van der Waals surface area contributed by atoms with E-state index in [9.17, 15) is 4.79 Å². The molecular formula is C19H22IN3O2S. The summed E-state index contributed by atoms with van der Waals surface area (Å²) in [7, 11) is 0. The van der Waals surface area contributed by atoms with Crippen LogP contribution in [0.15, 0.2) is 16.9 Å². The van der Waals surface area contributed by atoms with E-state index in [1.54, 1.807) is 11.3 Å². The third kappa shape index (κ3) is 3.03. The third-order valence-electron chi connectivity index (χ3n) is 5.08. The number of fused-ring (bicyclic) bond motifs is 4. The minimum Gasteiger partial charge on any atom is -0.490 e. The zero-order chi connectivity index (χ0) is 18.3. The summed E-state index contributed by atoms with van der Waals surface area (Å²) in [6, 6.07) is 4.08. The summed E-state index contributed by atoms with van der Waals surface area (Å²) in [5.74, 6) is 1.82. The Kier molecular flexibility index (Phi) is 5.20. The van der Waals surface area contributed by atoms with Crippen molar-refractivity contribution < 1.29 is 4.74 Å². The van der Waals surface area contributed by atoms with Crippen molar-refractivity contribution >= 4 is 54.2 Å². The van der Waals surface area contributed by atoms with Gasteiger partial charge in [-0.1, -0.05) is 19.9 Å². The van der Waals surface area contributed by atoms with Crippen molar-refractivity contribution in [1.29, 1.82) is 0 Å². The topological polar surface area (TPSA) is 47.4 Å². The molecule has 0 aliphatic carbocycles. The summed E-state index contributed by atoms with van der Waals surface area (Å²) in [5.41, 5.74) is 0.101. The molecule has 1 aliphatic heterocycles. The van der Waals surface area contributed by atoms with Crippen molar-refractivity contribution in [2.45, 2.75) is 33.2 Å². The molecule has 0 atom stereocenters. The Morgan fingerprint density at radius 3 is 2.92 bits per heavy atom. The van der Waals surface area contributed by atoms with Gasteiger partial charge in [-0.2, -0.15) is 0 Å². The molecule has 0 bridgehead atoms. The van der Waals surface area contributed by atoms with Gasteiger partial charge >= 0.3 is 0 Å². The number of halogens is 1. The number of ether oxygens (including phenoxy) is 1. The first-order valence-electron chi connectivity index (χ1n) is 9.13. The molecular weight excluding hydrogens is 461 g/mol. The Morgan fingerprint density at radius 2 is 2.15 bits per heavy atom. The van der Waals surface area contributed by atoms with Gasteiger partial charge in [0, 0.05) is 24.9 Å². The summed E-state index contributed by atoms with van der Waals surface area (Å²) in [5, 5.41) is 1.73.